The van der Waals surface area contributed by atoms with E-state index in [1.54, 1.807) is 42.3 Å². The van der Waals surface area contributed by atoms with Crippen LogP contribution < -0.4 is 50.8 Å². The molecule has 0 heterocycles. The third-order valence-electron chi connectivity index (χ3n) is 11.1. The molecule has 0 saturated heterocycles. The highest BCUT2D eigenvalue weighted by atomic mass is 31.1. The summed E-state index contributed by atoms with van der Waals surface area (Å²) in [5, 5.41) is 6.60. The summed E-state index contributed by atoms with van der Waals surface area (Å²) in [4.78, 5) is 28.8. The maximum atomic E-state index is 14.4. The Morgan fingerprint density at radius 3 is 0.933 bits per heavy atom. The second-order valence-electron chi connectivity index (χ2n) is 14.2. The molecule has 4 atom stereocenters. The largest absolute Gasteiger partial charge is 0.497 e. The summed E-state index contributed by atoms with van der Waals surface area (Å²) >= 11 is 0. The number of esters is 2. The van der Waals surface area contributed by atoms with E-state index in [1.807, 2.05) is 60.7 Å². The van der Waals surface area contributed by atoms with Gasteiger partial charge in [0.1, 0.15) is 23.0 Å². The molecule has 1 saturated carbocycles. The summed E-state index contributed by atoms with van der Waals surface area (Å²) in [7, 11) is 4.29. The molecule has 0 spiro atoms. The van der Waals surface area contributed by atoms with Crippen LogP contribution in [0.5, 0.6) is 23.0 Å². The standard InChI is InChI=1S/C50H50O8P2/c1-7-57-49(51)47-45(41-13-9-11-15-43(41)59(37-25-17-33(53-3)18-26-37)38-27-19-34(54-4)20-28-38)46(48(47)50(52)58-8-2)42-14-10-12-16-44(42)60(39-29-21-35(55-5)22-30-39)40-31-23-36(56-6)24-32-40/h9-32,45-48H,7-8H2,1-6H3/t45-,46-,47-,48-/m1/s1. The molecule has 0 aliphatic heterocycles. The van der Waals surface area contributed by atoms with Gasteiger partial charge in [-0.25, -0.2) is 0 Å². The Morgan fingerprint density at radius 2 is 0.683 bits per heavy atom. The summed E-state index contributed by atoms with van der Waals surface area (Å²) in [5.74, 6) is -0.212. The summed E-state index contributed by atoms with van der Waals surface area (Å²) in [6.07, 6.45) is 0. The molecule has 60 heavy (non-hydrogen) atoms. The Morgan fingerprint density at radius 1 is 0.417 bits per heavy atom. The molecule has 1 fully saturated rings. The first-order valence-corrected chi connectivity index (χ1v) is 22.7. The molecule has 0 radical (unpaired) electrons. The highest BCUT2D eigenvalue weighted by Gasteiger charge is 2.61. The normalized spacial score (nSPS) is 17.1. The van der Waals surface area contributed by atoms with Crippen molar-refractivity contribution >= 4 is 59.6 Å². The van der Waals surface area contributed by atoms with E-state index in [-0.39, 0.29) is 13.2 Å². The van der Waals surface area contributed by atoms with E-state index in [4.69, 9.17) is 28.4 Å². The molecule has 0 bridgehead atoms. The molecule has 8 nitrogen and oxygen atoms in total. The van der Waals surface area contributed by atoms with Gasteiger partial charge in [0.25, 0.3) is 0 Å². The van der Waals surface area contributed by atoms with Crippen molar-refractivity contribution in [3.05, 3.63) is 157 Å². The van der Waals surface area contributed by atoms with Crippen LogP contribution in [0.3, 0.4) is 0 Å². The van der Waals surface area contributed by atoms with E-state index in [0.717, 1.165) is 66.0 Å². The summed E-state index contributed by atoms with van der Waals surface area (Å²) in [6.45, 7) is 3.97. The zero-order valence-electron chi connectivity index (χ0n) is 34.7. The highest BCUT2D eigenvalue weighted by Crippen LogP contribution is 2.60. The molecule has 6 aromatic rings. The SMILES string of the molecule is CCOC(=O)[C@H]1[C@H](C(=O)OCC)[C@H](c2ccccc2P(c2ccc(OC)cc2)c2ccc(OC)cc2)[C@H]1c1ccccc1P(c1ccc(OC)cc1)c1ccc(OC)cc1. The molecule has 308 valence electrons. The lowest BCUT2D eigenvalue weighted by atomic mass is 9.52. The average Bonchev–Trinajstić information content (AvgIpc) is 3.28. The zero-order valence-corrected chi connectivity index (χ0v) is 36.5. The molecule has 0 aromatic heterocycles. The number of rotatable bonds is 16. The fourth-order valence-corrected chi connectivity index (χ4v) is 13.2. The van der Waals surface area contributed by atoms with Gasteiger partial charge in [0, 0.05) is 11.8 Å². The average molecular weight is 841 g/mol. The first-order valence-electron chi connectivity index (χ1n) is 20.0. The van der Waals surface area contributed by atoms with Crippen molar-refractivity contribution in [2.24, 2.45) is 11.8 Å². The monoisotopic (exact) mass is 840 g/mol. The quantitative estimate of drug-likeness (QED) is 0.0733. The Bertz CT molecular complexity index is 2100. The number of hydrogen-bond donors (Lipinski definition) is 0. The lowest BCUT2D eigenvalue weighted by molar-refractivity contribution is -0.171. The van der Waals surface area contributed by atoms with Crippen LogP contribution in [0.25, 0.3) is 0 Å². The van der Waals surface area contributed by atoms with Gasteiger partial charge < -0.3 is 28.4 Å². The fourth-order valence-electron chi connectivity index (χ4n) is 8.31. The molecule has 1 aliphatic rings. The lowest BCUT2D eigenvalue weighted by Crippen LogP contribution is -2.54. The van der Waals surface area contributed by atoms with Gasteiger partial charge in [-0.1, -0.05) is 97.1 Å². The number of carbonyl (C=O) groups excluding carboxylic acids is 2. The van der Waals surface area contributed by atoms with E-state index in [0.29, 0.717) is 0 Å². The molecule has 0 unspecified atom stereocenters. The summed E-state index contributed by atoms with van der Waals surface area (Å²) < 4.78 is 33.9. The third kappa shape index (κ3) is 8.64. The van der Waals surface area contributed by atoms with Crippen molar-refractivity contribution in [1.82, 2.24) is 0 Å². The van der Waals surface area contributed by atoms with Crippen molar-refractivity contribution in [2.75, 3.05) is 41.7 Å². The molecule has 0 amide bonds. The van der Waals surface area contributed by atoms with Gasteiger partial charge >= 0.3 is 11.9 Å². The molecular weight excluding hydrogens is 790 g/mol. The molecule has 0 N–H and O–H groups in total. The van der Waals surface area contributed by atoms with E-state index in [2.05, 4.69) is 84.9 Å². The topological polar surface area (TPSA) is 89.5 Å². The zero-order chi connectivity index (χ0) is 42.2. The van der Waals surface area contributed by atoms with Crippen molar-refractivity contribution in [2.45, 2.75) is 25.7 Å². The fraction of sp³-hybridized carbons (Fsp3) is 0.240. The van der Waals surface area contributed by atoms with Crippen LogP contribution >= 0.6 is 15.8 Å². The van der Waals surface area contributed by atoms with Gasteiger partial charge in [-0.05, 0) is 121 Å². The van der Waals surface area contributed by atoms with Crippen molar-refractivity contribution in [3.63, 3.8) is 0 Å². The van der Waals surface area contributed by atoms with Crippen LogP contribution in [0.1, 0.15) is 36.8 Å². The van der Waals surface area contributed by atoms with Crippen LogP contribution in [0.2, 0.25) is 0 Å². The smallest absolute Gasteiger partial charge is 0.310 e. The molecule has 1 aliphatic carbocycles. The van der Waals surface area contributed by atoms with Crippen LogP contribution in [0, 0.1) is 11.8 Å². The minimum atomic E-state index is -1.18. The third-order valence-corrected chi connectivity index (χ3v) is 16.1. The van der Waals surface area contributed by atoms with Gasteiger partial charge in [-0.2, -0.15) is 0 Å². The van der Waals surface area contributed by atoms with Gasteiger partial charge in [0.2, 0.25) is 0 Å². The number of benzene rings is 6. The first kappa shape index (κ1) is 42.4. The molecular formula is C50H50O8P2. The van der Waals surface area contributed by atoms with Gasteiger partial charge in [0.15, 0.2) is 0 Å². The Hall–Kier alpha value is -5.68. The van der Waals surface area contributed by atoms with E-state index in [1.165, 1.54) is 0 Å². The van der Waals surface area contributed by atoms with Crippen LogP contribution in [-0.2, 0) is 19.1 Å². The van der Waals surface area contributed by atoms with Crippen molar-refractivity contribution in [1.29, 1.82) is 0 Å². The molecule has 6 aromatic carbocycles. The molecule has 10 heteroatoms. The number of ether oxygens (including phenoxy) is 6. The second kappa shape index (κ2) is 19.6. The van der Waals surface area contributed by atoms with Gasteiger partial charge in [0.05, 0.1) is 53.5 Å². The van der Waals surface area contributed by atoms with Crippen LogP contribution in [0.4, 0.5) is 0 Å². The Kier molecular flexibility index (Phi) is 13.9. The van der Waals surface area contributed by atoms with E-state index >= 15 is 0 Å². The number of carbonyl (C=O) groups is 2. The minimum absolute atomic E-state index is 0.186. The van der Waals surface area contributed by atoms with Crippen LogP contribution in [0.15, 0.2) is 146 Å². The minimum Gasteiger partial charge on any atom is -0.497 e. The Labute approximate surface area is 355 Å². The van der Waals surface area contributed by atoms with E-state index < -0.39 is 51.5 Å². The predicted molar refractivity (Wildman–Crippen MR) is 242 cm³/mol. The number of methoxy groups -OCH3 is 4. The molecule has 7 rings (SSSR count). The number of hydrogen-bond acceptors (Lipinski definition) is 8. The summed E-state index contributed by atoms with van der Waals surface area (Å²) in [6, 6.07) is 49.5. The summed E-state index contributed by atoms with van der Waals surface area (Å²) in [5.41, 5.74) is 1.98. The van der Waals surface area contributed by atoms with Crippen molar-refractivity contribution < 1.29 is 38.0 Å². The van der Waals surface area contributed by atoms with Crippen LogP contribution in [-0.4, -0.2) is 53.6 Å². The van der Waals surface area contributed by atoms with Crippen molar-refractivity contribution in [3.8, 4) is 23.0 Å². The highest BCUT2D eigenvalue weighted by molar-refractivity contribution is 7.80. The first-order chi connectivity index (χ1) is 29.3. The second-order valence-corrected chi connectivity index (χ2v) is 18.6. The van der Waals surface area contributed by atoms with E-state index in [9.17, 15) is 9.59 Å². The maximum absolute atomic E-state index is 14.4. The van der Waals surface area contributed by atoms with Gasteiger partial charge in [-0.15, -0.1) is 0 Å². The Balaban J connectivity index is 1.47. The van der Waals surface area contributed by atoms with Gasteiger partial charge in [-0.3, -0.25) is 9.59 Å². The predicted octanol–water partition coefficient (Wildman–Crippen LogP) is 7.48. The maximum Gasteiger partial charge on any atom is 0.310 e. The lowest BCUT2D eigenvalue weighted by Gasteiger charge is -2.51.